The van der Waals surface area contributed by atoms with Crippen LogP contribution in [0.2, 0.25) is 0 Å². The first kappa shape index (κ1) is 17.1. The SMILES string of the molecule is CC1(C)Cc2cc(CNCc3cccc(N4CCCC4=O)c3)ccc2O1. The maximum Gasteiger partial charge on any atom is 0.227 e. The van der Waals surface area contributed by atoms with Crippen molar-refractivity contribution in [3.63, 3.8) is 0 Å². The number of carbonyl (C=O) groups is 1. The molecule has 0 saturated carbocycles. The van der Waals surface area contributed by atoms with Gasteiger partial charge < -0.3 is 15.0 Å². The van der Waals surface area contributed by atoms with Gasteiger partial charge in [-0.2, -0.15) is 0 Å². The summed E-state index contributed by atoms with van der Waals surface area (Å²) >= 11 is 0. The highest BCUT2D eigenvalue weighted by Crippen LogP contribution is 2.35. The molecule has 0 bridgehead atoms. The van der Waals surface area contributed by atoms with Gasteiger partial charge in [-0.15, -0.1) is 0 Å². The summed E-state index contributed by atoms with van der Waals surface area (Å²) in [6.07, 6.45) is 2.59. The Morgan fingerprint density at radius 2 is 1.92 bits per heavy atom. The number of nitrogens with zero attached hydrogens (tertiary/aromatic N) is 1. The van der Waals surface area contributed by atoms with Gasteiger partial charge in [0.1, 0.15) is 11.4 Å². The highest BCUT2D eigenvalue weighted by molar-refractivity contribution is 5.95. The first-order chi connectivity index (χ1) is 12.5. The van der Waals surface area contributed by atoms with Crippen molar-refractivity contribution in [2.75, 3.05) is 11.4 Å². The lowest BCUT2D eigenvalue weighted by Gasteiger charge is -2.16. The van der Waals surface area contributed by atoms with Gasteiger partial charge in [0, 0.05) is 38.2 Å². The number of rotatable bonds is 5. The summed E-state index contributed by atoms with van der Waals surface area (Å²) in [7, 11) is 0. The number of hydrogen-bond acceptors (Lipinski definition) is 3. The number of hydrogen-bond donors (Lipinski definition) is 1. The lowest BCUT2D eigenvalue weighted by atomic mass is 10.0. The third-order valence-electron chi connectivity index (χ3n) is 5.08. The fourth-order valence-corrected chi connectivity index (χ4v) is 3.88. The van der Waals surface area contributed by atoms with Crippen molar-refractivity contribution in [2.24, 2.45) is 0 Å². The zero-order chi connectivity index (χ0) is 18.1. The minimum Gasteiger partial charge on any atom is -0.487 e. The Balaban J connectivity index is 1.36. The molecule has 1 amide bonds. The maximum absolute atomic E-state index is 11.9. The number of nitrogens with one attached hydrogen (secondary N) is 1. The van der Waals surface area contributed by atoms with Crippen LogP contribution in [0.25, 0.3) is 0 Å². The highest BCUT2D eigenvalue weighted by Gasteiger charge is 2.29. The zero-order valence-electron chi connectivity index (χ0n) is 15.5. The molecule has 1 N–H and O–H groups in total. The summed E-state index contributed by atoms with van der Waals surface area (Å²) in [5.41, 5.74) is 4.69. The Morgan fingerprint density at radius 3 is 2.69 bits per heavy atom. The molecule has 1 fully saturated rings. The van der Waals surface area contributed by atoms with E-state index in [2.05, 4.69) is 49.5 Å². The van der Waals surface area contributed by atoms with Gasteiger partial charge in [-0.3, -0.25) is 4.79 Å². The molecule has 26 heavy (non-hydrogen) atoms. The molecule has 1 saturated heterocycles. The molecule has 4 rings (SSSR count). The second-order valence-corrected chi connectivity index (χ2v) is 7.90. The second-order valence-electron chi connectivity index (χ2n) is 7.90. The largest absolute Gasteiger partial charge is 0.487 e. The molecule has 2 aliphatic heterocycles. The molecular formula is C22H26N2O2. The third kappa shape index (κ3) is 3.61. The van der Waals surface area contributed by atoms with E-state index in [9.17, 15) is 4.79 Å². The van der Waals surface area contributed by atoms with Crippen molar-refractivity contribution in [3.8, 4) is 5.75 Å². The number of anilines is 1. The van der Waals surface area contributed by atoms with Crippen LogP contribution in [0, 0.1) is 0 Å². The van der Waals surface area contributed by atoms with Gasteiger partial charge in [-0.05, 0) is 55.2 Å². The van der Waals surface area contributed by atoms with E-state index >= 15 is 0 Å². The van der Waals surface area contributed by atoms with Crippen LogP contribution >= 0.6 is 0 Å². The highest BCUT2D eigenvalue weighted by atomic mass is 16.5. The van der Waals surface area contributed by atoms with Crippen molar-refractivity contribution in [1.82, 2.24) is 5.32 Å². The predicted molar refractivity (Wildman–Crippen MR) is 103 cm³/mol. The summed E-state index contributed by atoms with van der Waals surface area (Å²) in [5.74, 6) is 1.25. The summed E-state index contributed by atoms with van der Waals surface area (Å²) in [5, 5.41) is 3.51. The third-order valence-corrected chi connectivity index (χ3v) is 5.08. The Labute approximate surface area is 155 Å². The van der Waals surface area contributed by atoms with Gasteiger partial charge in [-0.25, -0.2) is 0 Å². The topological polar surface area (TPSA) is 41.6 Å². The van der Waals surface area contributed by atoms with Crippen LogP contribution in [-0.4, -0.2) is 18.1 Å². The standard InChI is InChI=1S/C22H26N2O2/c1-22(2)13-18-11-17(8-9-20(18)26-22)15-23-14-16-5-3-6-19(12-16)24-10-4-7-21(24)25/h3,5-6,8-9,11-12,23H,4,7,10,13-15H2,1-2H3. The van der Waals surface area contributed by atoms with Crippen LogP contribution in [0.15, 0.2) is 42.5 Å². The number of carbonyl (C=O) groups excluding carboxylic acids is 1. The van der Waals surface area contributed by atoms with Crippen molar-refractivity contribution in [3.05, 3.63) is 59.2 Å². The molecule has 2 aliphatic rings. The van der Waals surface area contributed by atoms with Crippen LogP contribution in [-0.2, 0) is 24.3 Å². The van der Waals surface area contributed by atoms with E-state index < -0.39 is 0 Å². The molecule has 4 nitrogen and oxygen atoms in total. The van der Waals surface area contributed by atoms with Crippen molar-refractivity contribution in [2.45, 2.75) is 51.8 Å². The quantitative estimate of drug-likeness (QED) is 0.891. The summed E-state index contributed by atoms with van der Waals surface area (Å²) in [4.78, 5) is 13.8. The normalized spacial score (nSPS) is 18.1. The molecule has 2 aromatic rings. The minimum atomic E-state index is -0.0954. The monoisotopic (exact) mass is 350 g/mol. The Bertz CT molecular complexity index is 829. The first-order valence-electron chi connectivity index (χ1n) is 9.41. The molecule has 0 spiro atoms. The van der Waals surface area contributed by atoms with E-state index in [1.54, 1.807) is 0 Å². The molecule has 136 valence electrons. The van der Waals surface area contributed by atoms with E-state index in [4.69, 9.17) is 4.74 Å². The minimum absolute atomic E-state index is 0.0954. The lowest BCUT2D eigenvalue weighted by Crippen LogP contribution is -2.24. The molecule has 0 aromatic heterocycles. The van der Waals surface area contributed by atoms with Crippen LogP contribution in [0.1, 0.15) is 43.4 Å². The van der Waals surface area contributed by atoms with Crippen LogP contribution in [0.5, 0.6) is 5.75 Å². The smallest absolute Gasteiger partial charge is 0.227 e. The van der Waals surface area contributed by atoms with Gasteiger partial charge in [0.25, 0.3) is 0 Å². The molecule has 0 atom stereocenters. The summed E-state index contributed by atoms with van der Waals surface area (Å²) in [6.45, 7) is 6.70. The van der Waals surface area contributed by atoms with E-state index in [0.29, 0.717) is 6.42 Å². The summed E-state index contributed by atoms with van der Waals surface area (Å²) < 4.78 is 5.94. The van der Waals surface area contributed by atoms with Crippen molar-refractivity contribution in [1.29, 1.82) is 0 Å². The molecule has 2 heterocycles. The molecule has 0 radical (unpaired) electrons. The zero-order valence-corrected chi connectivity index (χ0v) is 15.5. The number of benzene rings is 2. The van der Waals surface area contributed by atoms with E-state index in [0.717, 1.165) is 43.9 Å². The van der Waals surface area contributed by atoms with Gasteiger partial charge in [0.05, 0.1) is 0 Å². The fraction of sp³-hybridized carbons (Fsp3) is 0.409. The Morgan fingerprint density at radius 1 is 1.12 bits per heavy atom. The van der Waals surface area contributed by atoms with Crippen molar-refractivity contribution >= 4 is 11.6 Å². The van der Waals surface area contributed by atoms with Crippen LogP contribution < -0.4 is 15.0 Å². The molecule has 0 unspecified atom stereocenters. The Kier molecular flexibility index (Phi) is 4.45. The number of fused-ring (bicyclic) bond motifs is 1. The average Bonchev–Trinajstić information content (AvgIpc) is 3.16. The van der Waals surface area contributed by atoms with Crippen LogP contribution in [0.3, 0.4) is 0 Å². The predicted octanol–water partition coefficient (Wildman–Crippen LogP) is 3.82. The average molecular weight is 350 g/mol. The first-order valence-corrected chi connectivity index (χ1v) is 9.41. The van der Waals surface area contributed by atoms with E-state index in [-0.39, 0.29) is 11.5 Å². The van der Waals surface area contributed by atoms with E-state index in [1.165, 1.54) is 16.7 Å². The Hall–Kier alpha value is -2.33. The number of ether oxygens (including phenoxy) is 1. The van der Waals surface area contributed by atoms with Gasteiger partial charge in [0.2, 0.25) is 5.91 Å². The fourth-order valence-electron chi connectivity index (χ4n) is 3.88. The van der Waals surface area contributed by atoms with Gasteiger partial charge in [-0.1, -0.05) is 24.3 Å². The molecular weight excluding hydrogens is 324 g/mol. The van der Waals surface area contributed by atoms with Crippen LogP contribution in [0.4, 0.5) is 5.69 Å². The number of amides is 1. The van der Waals surface area contributed by atoms with E-state index in [1.807, 2.05) is 17.0 Å². The lowest BCUT2D eigenvalue weighted by molar-refractivity contribution is -0.117. The van der Waals surface area contributed by atoms with Crippen molar-refractivity contribution < 1.29 is 9.53 Å². The maximum atomic E-state index is 11.9. The summed E-state index contributed by atoms with van der Waals surface area (Å²) in [6, 6.07) is 14.7. The molecule has 2 aromatic carbocycles. The second kappa shape index (κ2) is 6.76. The van der Waals surface area contributed by atoms with Gasteiger partial charge in [0.15, 0.2) is 0 Å². The molecule has 0 aliphatic carbocycles. The molecule has 4 heteroatoms. The van der Waals surface area contributed by atoms with Gasteiger partial charge >= 0.3 is 0 Å².